The number of amides is 1. The fraction of sp³-hybridized carbons (Fsp3) is 0.533. The van der Waals surface area contributed by atoms with Crippen molar-refractivity contribution in [2.75, 3.05) is 27.2 Å². The van der Waals surface area contributed by atoms with Gasteiger partial charge < -0.3 is 0 Å². The van der Waals surface area contributed by atoms with E-state index in [0.29, 0.717) is 13.1 Å². The normalized spacial score (nSPS) is 19.9. The second-order valence-corrected chi connectivity index (χ2v) is 5.22. The number of carbonyl (C=O) groups excluding carboxylic acids is 1. The van der Waals surface area contributed by atoms with E-state index in [2.05, 4.69) is 4.90 Å². The van der Waals surface area contributed by atoms with E-state index in [-0.39, 0.29) is 17.6 Å². The molecule has 0 saturated carbocycles. The number of rotatable bonds is 4. The van der Waals surface area contributed by atoms with Crippen LogP contribution in [0.4, 0.5) is 4.39 Å². The lowest BCUT2D eigenvalue weighted by Crippen LogP contribution is -2.43. The third kappa shape index (κ3) is 3.77. The van der Waals surface area contributed by atoms with E-state index in [1.54, 1.807) is 19.2 Å². The highest BCUT2D eigenvalue weighted by Gasteiger charge is 2.28. The number of hydrogen-bond donors (Lipinski definition) is 0. The number of likely N-dealkylation sites (tertiary alicyclic amines) is 1. The molecule has 0 radical (unpaired) electrons. The van der Waals surface area contributed by atoms with Crippen LogP contribution in [0.25, 0.3) is 0 Å². The molecular weight excluding hydrogens is 259 g/mol. The summed E-state index contributed by atoms with van der Waals surface area (Å²) in [5, 5.41) is 1.29. The standard InChI is InChI=1S/C15H21FN2O2/c1-17(20-2)15(19)13-6-4-8-18(11-13)10-12-5-3-7-14(16)9-12/h3,5,7,9,13H,4,6,8,10-11H2,1-2H3. The van der Waals surface area contributed by atoms with Gasteiger partial charge in [-0.1, -0.05) is 12.1 Å². The van der Waals surface area contributed by atoms with Gasteiger partial charge in [0.1, 0.15) is 5.82 Å². The zero-order valence-corrected chi connectivity index (χ0v) is 12.0. The summed E-state index contributed by atoms with van der Waals surface area (Å²) >= 11 is 0. The number of hydroxylamine groups is 2. The summed E-state index contributed by atoms with van der Waals surface area (Å²) in [6.07, 6.45) is 1.86. The molecule has 1 amide bonds. The molecule has 0 aromatic heterocycles. The van der Waals surface area contributed by atoms with Crippen molar-refractivity contribution in [1.29, 1.82) is 0 Å². The Morgan fingerprint density at radius 1 is 1.55 bits per heavy atom. The number of nitrogens with zero attached hydrogens (tertiary/aromatic N) is 2. The van der Waals surface area contributed by atoms with E-state index in [9.17, 15) is 9.18 Å². The van der Waals surface area contributed by atoms with Crippen molar-refractivity contribution in [2.45, 2.75) is 19.4 Å². The molecule has 5 heteroatoms. The van der Waals surface area contributed by atoms with Crippen molar-refractivity contribution < 1.29 is 14.0 Å². The van der Waals surface area contributed by atoms with Gasteiger partial charge in [0.15, 0.2) is 0 Å². The third-order valence-electron chi connectivity index (χ3n) is 3.73. The second-order valence-electron chi connectivity index (χ2n) is 5.22. The second kappa shape index (κ2) is 6.81. The van der Waals surface area contributed by atoms with Gasteiger partial charge in [0.25, 0.3) is 0 Å². The van der Waals surface area contributed by atoms with Gasteiger partial charge in [-0.3, -0.25) is 14.5 Å². The van der Waals surface area contributed by atoms with Crippen LogP contribution in [-0.4, -0.2) is 43.1 Å². The molecule has 0 N–H and O–H groups in total. The molecule has 0 aliphatic carbocycles. The first-order chi connectivity index (χ1) is 9.60. The predicted molar refractivity (Wildman–Crippen MR) is 74.2 cm³/mol. The van der Waals surface area contributed by atoms with E-state index in [4.69, 9.17) is 4.84 Å². The van der Waals surface area contributed by atoms with Crippen molar-refractivity contribution in [1.82, 2.24) is 9.96 Å². The van der Waals surface area contributed by atoms with Gasteiger partial charge in [0, 0.05) is 20.1 Å². The number of piperidine rings is 1. The van der Waals surface area contributed by atoms with Crippen LogP contribution in [0.3, 0.4) is 0 Å². The molecule has 2 rings (SSSR count). The van der Waals surface area contributed by atoms with Crippen LogP contribution < -0.4 is 0 Å². The van der Waals surface area contributed by atoms with Gasteiger partial charge in [-0.05, 0) is 37.1 Å². The Bertz CT molecular complexity index is 467. The van der Waals surface area contributed by atoms with E-state index in [1.165, 1.54) is 18.2 Å². The van der Waals surface area contributed by atoms with Crippen LogP contribution in [0.15, 0.2) is 24.3 Å². The Labute approximate surface area is 119 Å². The van der Waals surface area contributed by atoms with Crippen molar-refractivity contribution in [2.24, 2.45) is 5.92 Å². The molecule has 1 heterocycles. The molecule has 0 bridgehead atoms. The highest BCUT2D eigenvalue weighted by molar-refractivity contribution is 5.77. The van der Waals surface area contributed by atoms with E-state index < -0.39 is 0 Å². The monoisotopic (exact) mass is 280 g/mol. The number of hydrogen-bond acceptors (Lipinski definition) is 3. The topological polar surface area (TPSA) is 32.8 Å². The minimum atomic E-state index is -0.216. The summed E-state index contributed by atoms with van der Waals surface area (Å²) in [5.41, 5.74) is 0.943. The van der Waals surface area contributed by atoms with Crippen LogP contribution in [0.2, 0.25) is 0 Å². The number of halogens is 1. The SMILES string of the molecule is CON(C)C(=O)C1CCCN(Cc2cccc(F)c2)C1. The summed E-state index contributed by atoms with van der Waals surface area (Å²) in [6.45, 7) is 2.32. The summed E-state index contributed by atoms with van der Waals surface area (Å²) < 4.78 is 13.2. The Hall–Kier alpha value is -1.46. The molecule has 1 atom stereocenters. The molecule has 1 aromatic carbocycles. The Morgan fingerprint density at radius 3 is 3.05 bits per heavy atom. The molecule has 0 spiro atoms. The van der Waals surface area contributed by atoms with Gasteiger partial charge in [-0.15, -0.1) is 0 Å². The first kappa shape index (κ1) is 14.9. The third-order valence-corrected chi connectivity index (χ3v) is 3.73. The smallest absolute Gasteiger partial charge is 0.250 e. The van der Waals surface area contributed by atoms with Crippen LogP contribution in [-0.2, 0) is 16.2 Å². The Kier molecular flexibility index (Phi) is 5.09. The Morgan fingerprint density at radius 2 is 2.35 bits per heavy atom. The number of carbonyl (C=O) groups is 1. The van der Waals surface area contributed by atoms with Crippen LogP contribution in [0.5, 0.6) is 0 Å². The maximum atomic E-state index is 13.2. The van der Waals surface area contributed by atoms with E-state index in [0.717, 1.165) is 24.9 Å². The summed E-state index contributed by atoms with van der Waals surface area (Å²) in [5.74, 6) is -0.245. The van der Waals surface area contributed by atoms with Crippen molar-refractivity contribution in [3.05, 3.63) is 35.6 Å². The Balaban J connectivity index is 1.95. The van der Waals surface area contributed by atoms with E-state index in [1.807, 2.05) is 6.07 Å². The quantitative estimate of drug-likeness (QED) is 0.791. The number of benzene rings is 1. The van der Waals surface area contributed by atoms with Gasteiger partial charge in [-0.25, -0.2) is 9.45 Å². The van der Waals surface area contributed by atoms with Gasteiger partial charge >= 0.3 is 0 Å². The molecule has 1 fully saturated rings. The molecule has 110 valence electrons. The van der Waals surface area contributed by atoms with Gasteiger partial charge in [-0.2, -0.15) is 0 Å². The van der Waals surface area contributed by atoms with E-state index >= 15 is 0 Å². The van der Waals surface area contributed by atoms with Crippen LogP contribution in [0, 0.1) is 11.7 Å². The molecule has 1 saturated heterocycles. The van der Waals surface area contributed by atoms with Crippen LogP contribution >= 0.6 is 0 Å². The molecule has 20 heavy (non-hydrogen) atoms. The first-order valence-electron chi connectivity index (χ1n) is 6.88. The largest absolute Gasteiger partial charge is 0.298 e. The zero-order chi connectivity index (χ0) is 14.5. The minimum Gasteiger partial charge on any atom is -0.298 e. The lowest BCUT2D eigenvalue weighted by atomic mass is 9.96. The predicted octanol–water partition coefficient (Wildman–Crippen LogP) is 2.06. The minimum absolute atomic E-state index is 0.0106. The molecule has 1 aliphatic heterocycles. The molecule has 1 unspecified atom stereocenters. The van der Waals surface area contributed by atoms with Gasteiger partial charge in [0.05, 0.1) is 13.0 Å². The summed E-state index contributed by atoms with van der Waals surface area (Å²) in [7, 11) is 3.12. The summed E-state index contributed by atoms with van der Waals surface area (Å²) in [6, 6.07) is 6.62. The summed E-state index contributed by atoms with van der Waals surface area (Å²) in [4.78, 5) is 19.2. The molecule has 1 aliphatic rings. The lowest BCUT2D eigenvalue weighted by molar-refractivity contribution is -0.175. The lowest BCUT2D eigenvalue weighted by Gasteiger charge is -2.33. The fourth-order valence-corrected chi connectivity index (χ4v) is 2.64. The first-order valence-corrected chi connectivity index (χ1v) is 6.88. The molecule has 4 nitrogen and oxygen atoms in total. The highest BCUT2D eigenvalue weighted by atomic mass is 19.1. The maximum absolute atomic E-state index is 13.2. The zero-order valence-electron chi connectivity index (χ0n) is 12.0. The molecule has 1 aromatic rings. The van der Waals surface area contributed by atoms with Crippen LogP contribution in [0.1, 0.15) is 18.4 Å². The molecular formula is C15H21FN2O2. The van der Waals surface area contributed by atoms with Crippen molar-refractivity contribution >= 4 is 5.91 Å². The van der Waals surface area contributed by atoms with Crippen molar-refractivity contribution in [3.63, 3.8) is 0 Å². The fourth-order valence-electron chi connectivity index (χ4n) is 2.64. The average Bonchev–Trinajstić information content (AvgIpc) is 2.46. The maximum Gasteiger partial charge on any atom is 0.250 e. The average molecular weight is 280 g/mol. The van der Waals surface area contributed by atoms with Gasteiger partial charge in [0.2, 0.25) is 5.91 Å². The highest BCUT2D eigenvalue weighted by Crippen LogP contribution is 2.20. The van der Waals surface area contributed by atoms with Crippen molar-refractivity contribution in [3.8, 4) is 0 Å².